The molecule has 2 aromatic carbocycles. The smallest absolute Gasteiger partial charge is 0.253 e. The summed E-state index contributed by atoms with van der Waals surface area (Å²) in [5.74, 6) is -0.131. The van der Waals surface area contributed by atoms with Gasteiger partial charge in [-0.3, -0.25) is 9.69 Å². The van der Waals surface area contributed by atoms with Crippen LogP contribution in [-0.2, 0) is 13.1 Å². The minimum atomic E-state index is -0.131. The Kier molecular flexibility index (Phi) is 8.76. The molecule has 2 aromatic rings. The highest BCUT2D eigenvalue weighted by atomic mass is 35.5. The van der Waals surface area contributed by atoms with Gasteiger partial charge >= 0.3 is 0 Å². The Morgan fingerprint density at radius 3 is 2.40 bits per heavy atom. The van der Waals surface area contributed by atoms with E-state index in [1.165, 1.54) is 31.5 Å². The summed E-state index contributed by atoms with van der Waals surface area (Å²) in [7, 11) is 0. The van der Waals surface area contributed by atoms with Gasteiger partial charge in [0.2, 0.25) is 0 Å². The summed E-state index contributed by atoms with van der Waals surface area (Å²) < 4.78 is 0. The maximum Gasteiger partial charge on any atom is 0.253 e. The summed E-state index contributed by atoms with van der Waals surface area (Å²) >= 11 is 0. The average molecular weight is 382 g/mol. The van der Waals surface area contributed by atoms with Crippen molar-refractivity contribution < 1.29 is 4.79 Å². The molecule has 4 nitrogen and oxygen atoms in total. The van der Waals surface area contributed by atoms with E-state index in [-0.39, 0.29) is 30.7 Å². The molecular formula is C19H25Cl2N3O. The van der Waals surface area contributed by atoms with Crippen molar-refractivity contribution in [1.82, 2.24) is 10.2 Å². The molecule has 1 aliphatic rings. The molecule has 1 heterocycles. The van der Waals surface area contributed by atoms with E-state index in [1.54, 1.807) is 12.1 Å². The number of nitrogens with two attached hydrogens (primary N) is 1. The van der Waals surface area contributed by atoms with Crippen LogP contribution in [0.5, 0.6) is 0 Å². The molecule has 25 heavy (non-hydrogen) atoms. The third-order valence-electron chi connectivity index (χ3n) is 4.25. The zero-order chi connectivity index (χ0) is 16.1. The van der Waals surface area contributed by atoms with Gasteiger partial charge in [0.1, 0.15) is 0 Å². The number of carbonyl (C=O) groups excluding carboxylic acids is 1. The first-order chi connectivity index (χ1) is 11.2. The van der Waals surface area contributed by atoms with Gasteiger partial charge in [-0.1, -0.05) is 36.4 Å². The van der Waals surface area contributed by atoms with E-state index < -0.39 is 0 Å². The molecule has 3 rings (SSSR count). The van der Waals surface area contributed by atoms with Crippen molar-refractivity contribution in [2.75, 3.05) is 18.8 Å². The summed E-state index contributed by atoms with van der Waals surface area (Å²) in [4.78, 5) is 14.7. The molecule has 3 N–H and O–H groups in total. The van der Waals surface area contributed by atoms with Crippen molar-refractivity contribution in [3.63, 3.8) is 0 Å². The molecular weight excluding hydrogens is 357 g/mol. The molecule has 6 heteroatoms. The van der Waals surface area contributed by atoms with Crippen LogP contribution in [0.4, 0.5) is 5.69 Å². The zero-order valence-electron chi connectivity index (χ0n) is 14.1. The van der Waals surface area contributed by atoms with Gasteiger partial charge in [0.05, 0.1) is 5.56 Å². The van der Waals surface area contributed by atoms with Crippen molar-refractivity contribution in [1.29, 1.82) is 0 Å². The molecule has 0 saturated carbocycles. The molecule has 1 fully saturated rings. The first-order valence-electron chi connectivity index (χ1n) is 8.15. The lowest BCUT2D eigenvalue weighted by atomic mass is 10.1. The van der Waals surface area contributed by atoms with Gasteiger partial charge in [-0.05, 0) is 49.2 Å². The molecule has 0 unspecified atom stereocenters. The molecule has 0 aliphatic carbocycles. The van der Waals surface area contributed by atoms with Crippen molar-refractivity contribution in [3.05, 3.63) is 65.2 Å². The normalized spacial score (nSPS) is 13.6. The molecule has 1 aliphatic heterocycles. The predicted octanol–water partition coefficient (Wildman–Crippen LogP) is 3.64. The topological polar surface area (TPSA) is 58.4 Å². The number of halogens is 2. The number of hydrogen-bond acceptors (Lipinski definition) is 3. The summed E-state index contributed by atoms with van der Waals surface area (Å²) in [5.41, 5.74) is 9.29. The molecule has 0 atom stereocenters. The Hall–Kier alpha value is -1.75. The zero-order valence-corrected chi connectivity index (χ0v) is 15.7. The van der Waals surface area contributed by atoms with E-state index in [0.29, 0.717) is 17.8 Å². The lowest BCUT2D eigenvalue weighted by Crippen LogP contribution is -2.24. The van der Waals surface area contributed by atoms with Gasteiger partial charge < -0.3 is 11.1 Å². The van der Waals surface area contributed by atoms with E-state index in [9.17, 15) is 4.79 Å². The first-order valence-corrected chi connectivity index (χ1v) is 8.15. The van der Waals surface area contributed by atoms with Gasteiger partial charge in [-0.25, -0.2) is 0 Å². The monoisotopic (exact) mass is 381 g/mol. The second kappa shape index (κ2) is 10.3. The van der Waals surface area contributed by atoms with E-state index >= 15 is 0 Å². The maximum atomic E-state index is 12.2. The van der Waals surface area contributed by atoms with Crippen molar-refractivity contribution in [3.8, 4) is 0 Å². The Labute approximate surface area is 161 Å². The summed E-state index contributed by atoms with van der Waals surface area (Å²) in [5, 5.41) is 2.94. The fourth-order valence-corrected chi connectivity index (χ4v) is 3.02. The Morgan fingerprint density at radius 2 is 1.68 bits per heavy atom. The van der Waals surface area contributed by atoms with Crippen LogP contribution in [0.1, 0.15) is 34.3 Å². The van der Waals surface area contributed by atoms with Crippen LogP contribution in [0.3, 0.4) is 0 Å². The SMILES string of the molecule is Cl.Cl.Nc1ccccc1C(=O)NCc1cccc(CN2CCCC2)c1. The standard InChI is InChI=1S/C19H23N3O.2ClH/c20-18-9-2-1-8-17(18)19(23)21-13-15-6-5-7-16(12-15)14-22-10-3-4-11-22;;/h1-2,5-9,12H,3-4,10-11,13-14,20H2,(H,21,23);2*1H. The Bertz CT molecular complexity index is 688. The highest BCUT2D eigenvalue weighted by molar-refractivity contribution is 5.98. The van der Waals surface area contributed by atoms with E-state index in [4.69, 9.17) is 5.73 Å². The second-order valence-corrected chi connectivity index (χ2v) is 6.07. The third kappa shape index (κ3) is 5.92. The van der Waals surface area contributed by atoms with Crippen LogP contribution in [0.15, 0.2) is 48.5 Å². The summed E-state index contributed by atoms with van der Waals surface area (Å²) in [6, 6.07) is 15.6. The number of carbonyl (C=O) groups is 1. The number of anilines is 1. The first kappa shape index (κ1) is 21.3. The molecule has 0 aromatic heterocycles. The number of hydrogen-bond donors (Lipinski definition) is 2. The lowest BCUT2D eigenvalue weighted by Gasteiger charge is -2.15. The highest BCUT2D eigenvalue weighted by Crippen LogP contribution is 2.14. The quantitative estimate of drug-likeness (QED) is 0.777. The van der Waals surface area contributed by atoms with Gasteiger partial charge in [-0.15, -0.1) is 24.8 Å². The fourth-order valence-electron chi connectivity index (χ4n) is 3.02. The minimum Gasteiger partial charge on any atom is -0.398 e. The Balaban J connectivity index is 0.00000156. The predicted molar refractivity (Wildman–Crippen MR) is 107 cm³/mol. The van der Waals surface area contributed by atoms with Crippen LogP contribution in [-0.4, -0.2) is 23.9 Å². The number of nitrogen functional groups attached to an aromatic ring is 1. The minimum absolute atomic E-state index is 0. The maximum absolute atomic E-state index is 12.2. The Morgan fingerprint density at radius 1 is 1.00 bits per heavy atom. The van der Waals surface area contributed by atoms with E-state index in [2.05, 4.69) is 28.4 Å². The van der Waals surface area contributed by atoms with Gasteiger partial charge in [-0.2, -0.15) is 0 Å². The largest absolute Gasteiger partial charge is 0.398 e. The molecule has 0 bridgehead atoms. The number of nitrogens with zero attached hydrogens (tertiary/aromatic N) is 1. The summed E-state index contributed by atoms with van der Waals surface area (Å²) in [6.45, 7) is 3.89. The van der Waals surface area contributed by atoms with Crippen LogP contribution >= 0.6 is 24.8 Å². The van der Waals surface area contributed by atoms with Crippen LogP contribution in [0.25, 0.3) is 0 Å². The molecule has 1 amide bonds. The number of benzene rings is 2. The number of para-hydroxylation sites is 1. The van der Waals surface area contributed by atoms with E-state index in [1.807, 2.05) is 18.2 Å². The van der Waals surface area contributed by atoms with Crippen molar-refractivity contribution in [2.24, 2.45) is 0 Å². The van der Waals surface area contributed by atoms with Gasteiger partial charge in [0, 0.05) is 18.8 Å². The molecule has 0 radical (unpaired) electrons. The fraction of sp³-hybridized carbons (Fsp3) is 0.316. The molecule has 0 spiro atoms. The van der Waals surface area contributed by atoms with Gasteiger partial charge in [0.15, 0.2) is 0 Å². The second-order valence-electron chi connectivity index (χ2n) is 6.07. The van der Waals surface area contributed by atoms with Crippen LogP contribution < -0.4 is 11.1 Å². The highest BCUT2D eigenvalue weighted by Gasteiger charge is 2.12. The number of likely N-dealkylation sites (tertiary alicyclic amines) is 1. The lowest BCUT2D eigenvalue weighted by molar-refractivity contribution is 0.0952. The summed E-state index contributed by atoms with van der Waals surface area (Å²) in [6.07, 6.45) is 2.60. The number of rotatable bonds is 5. The van der Waals surface area contributed by atoms with E-state index in [0.717, 1.165) is 12.1 Å². The number of nitrogens with one attached hydrogen (secondary N) is 1. The average Bonchev–Trinajstić information content (AvgIpc) is 3.06. The van der Waals surface area contributed by atoms with Gasteiger partial charge in [0.25, 0.3) is 5.91 Å². The van der Waals surface area contributed by atoms with Crippen LogP contribution in [0, 0.1) is 0 Å². The van der Waals surface area contributed by atoms with Crippen molar-refractivity contribution in [2.45, 2.75) is 25.9 Å². The molecule has 1 saturated heterocycles. The van der Waals surface area contributed by atoms with Crippen LogP contribution in [0.2, 0.25) is 0 Å². The van der Waals surface area contributed by atoms with Crippen molar-refractivity contribution >= 4 is 36.4 Å². The number of amides is 1. The molecule has 136 valence electrons. The third-order valence-corrected chi connectivity index (χ3v) is 4.25.